The molecule has 1 aromatic heterocycles. The highest BCUT2D eigenvalue weighted by Gasteiger charge is 2.33. The van der Waals surface area contributed by atoms with Gasteiger partial charge in [-0.1, -0.05) is 17.7 Å². The molecule has 1 aromatic carbocycles. The summed E-state index contributed by atoms with van der Waals surface area (Å²) in [6, 6.07) is 10.5. The average molecular weight is 388 g/mol. The van der Waals surface area contributed by atoms with Gasteiger partial charge in [0.1, 0.15) is 0 Å². The maximum absolute atomic E-state index is 12.9. The van der Waals surface area contributed by atoms with Crippen molar-refractivity contribution in [2.45, 2.75) is 31.6 Å². The van der Waals surface area contributed by atoms with E-state index in [0.29, 0.717) is 25.1 Å². The highest BCUT2D eigenvalue weighted by Crippen LogP contribution is 2.24. The van der Waals surface area contributed by atoms with Gasteiger partial charge in [0.2, 0.25) is 15.9 Å². The van der Waals surface area contributed by atoms with Gasteiger partial charge in [-0.25, -0.2) is 13.8 Å². The van der Waals surface area contributed by atoms with Crippen LogP contribution in [0.4, 0.5) is 0 Å². The number of piperidine rings is 1. The van der Waals surface area contributed by atoms with E-state index in [1.165, 1.54) is 4.31 Å². The van der Waals surface area contributed by atoms with Crippen molar-refractivity contribution in [1.29, 1.82) is 0 Å². The molecule has 2 N–H and O–H groups in total. The summed E-state index contributed by atoms with van der Waals surface area (Å²) in [5, 5.41) is 4.11. The fourth-order valence-electron chi connectivity index (χ4n) is 3.08. The number of hydrogen-bond acceptors (Lipinski definition) is 4. The van der Waals surface area contributed by atoms with Gasteiger partial charge >= 0.3 is 0 Å². The number of H-pyrrole nitrogens is 1. The molecule has 1 aliphatic rings. The molecule has 0 aliphatic carbocycles. The second-order valence-electron chi connectivity index (χ2n) is 6.77. The highest BCUT2D eigenvalue weighted by atomic mass is 32.2. The van der Waals surface area contributed by atoms with Crippen LogP contribution in [0.5, 0.6) is 0 Å². The van der Waals surface area contributed by atoms with Gasteiger partial charge in [-0.3, -0.25) is 4.79 Å². The van der Waals surface area contributed by atoms with Crippen LogP contribution in [0.15, 0.2) is 52.6 Å². The van der Waals surface area contributed by atoms with Gasteiger partial charge in [0, 0.05) is 19.3 Å². The molecule has 1 atom stereocenters. The smallest absolute Gasteiger partial charge is 0.244 e. The van der Waals surface area contributed by atoms with Gasteiger partial charge < -0.3 is 4.98 Å². The van der Waals surface area contributed by atoms with Crippen molar-refractivity contribution >= 4 is 21.6 Å². The first-order valence-electron chi connectivity index (χ1n) is 8.92. The number of nitrogens with one attached hydrogen (secondary N) is 2. The largest absolute Gasteiger partial charge is 0.360 e. The quantitative estimate of drug-likeness (QED) is 0.608. The molecule has 1 amide bonds. The fourth-order valence-corrected chi connectivity index (χ4v) is 4.60. The number of aromatic amines is 1. The maximum atomic E-state index is 12.9. The number of amides is 1. The van der Waals surface area contributed by atoms with Crippen LogP contribution in [0.3, 0.4) is 0 Å². The van der Waals surface area contributed by atoms with E-state index in [4.69, 9.17) is 0 Å². The molecule has 0 spiro atoms. The zero-order chi connectivity index (χ0) is 19.4. The Bertz CT molecular complexity index is 918. The molecule has 0 radical (unpaired) electrons. The summed E-state index contributed by atoms with van der Waals surface area (Å²) in [6.45, 7) is 4.29. The lowest BCUT2D eigenvalue weighted by molar-refractivity contribution is -0.126. The lowest BCUT2D eigenvalue weighted by atomic mass is 9.99. The Morgan fingerprint density at radius 2 is 2.00 bits per heavy atom. The van der Waals surface area contributed by atoms with Gasteiger partial charge in [-0.2, -0.15) is 9.41 Å². The van der Waals surface area contributed by atoms with Crippen molar-refractivity contribution in [2.75, 3.05) is 13.1 Å². The number of rotatable bonds is 5. The topological polar surface area (TPSA) is 94.6 Å². The number of carbonyl (C=O) groups excluding carboxylic acids is 1. The third-order valence-corrected chi connectivity index (χ3v) is 6.61. The van der Waals surface area contributed by atoms with Crippen LogP contribution < -0.4 is 5.43 Å². The van der Waals surface area contributed by atoms with Crippen LogP contribution in [0.2, 0.25) is 0 Å². The summed E-state index contributed by atoms with van der Waals surface area (Å²) in [4.78, 5) is 15.8. The van der Waals surface area contributed by atoms with E-state index in [-0.39, 0.29) is 17.3 Å². The van der Waals surface area contributed by atoms with Crippen molar-refractivity contribution in [2.24, 2.45) is 11.0 Å². The maximum Gasteiger partial charge on any atom is 0.244 e. The lowest BCUT2D eigenvalue weighted by Crippen LogP contribution is -2.44. The van der Waals surface area contributed by atoms with Gasteiger partial charge in [0.05, 0.1) is 22.2 Å². The first-order chi connectivity index (χ1) is 12.9. The Balaban J connectivity index is 1.67. The van der Waals surface area contributed by atoms with Crippen molar-refractivity contribution in [3.05, 3.63) is 53.9 Å². The van der Waals surface area contributed by atoms with E-state index in [2.05, 4.69) is 15.5 Å². The molecule has 8 heteroatoms. The third-order valence-electron chi connectivity index (χ3n) is 4.74. The molecule has 0 bridgehead atoms. The zero-order valence-corrected chi connectivity index (χ0v) is 16.3. The zero-order valence-electron chi connectivity index (χ0n) is 15.5. The first-order valence-corrected chi connectivity index (χ1v) is 10.4. The van der Waals surface area contributed by atoms with Crippen molar-refractivity contribution in [1.82, 2.24) is 14.7 Å². The molecular weight excluding hydrogens is 364 g/mol. The van der Waals surface area contributed by atoms with Gasteiger partial charge in [-0.15, -0.1) is 0 Å². The highest BCUT2D eigenvalue weighted by molar-refractivity contribution is 7.89. The summed E-state index contributed by atoms with van der Waals surface area (Å²) in [6.07, 6.45) is 3.07. The van der Waals surface area contributed by atoms with Crippen LogP contribution in [0.1, 0.15) is 31.0 Å². The van der Waals surface area contributed by atoms with Gasteiger partial charge in [0.15, 0.2) is 0 Å². The number of carbonyl (C=O) groups is 1. The molecule has 2 heterocycles. The number of benzene rings is 1. The number of hydrogen-bond donors (Lipinski definition) is 2. The Kier molecular flexibility index (Phi) is 5.76. The van der Waals surface area contributed by atoms with Crippen molar-refractivity contribution in [3.63, 3.8) is 0 Å². The van der Waals surface area contributed by atoms with Crippen molar-refractivity contribution in [3.8, 4) is 0 Å². The monoisotopic (exact) mass is 388 g/mol. The SMILES string of the molecule is C/C(=N\NC(=O)[C@@H]1CCCN(S(=O)(=O)c2ccc(C)cc2)C1)c1ccc[nH]1. The fraction of sp³-hybridized carbons (Fsp3) is 0.368. The molecule has 7 nitrogen and oxygen atoms in total. The van der Waals surface area contributed by atoms with Crippen LogP contribution in [-0.2, 0) is 14.8 Å². The first kappa shape index (κ1) is 19.3. The van der Waals surface area contributed by atoms with Crippen LogP contribution in [-0.4, -0.2) is 42.4 Å². The Morgan fingerprint density at radius 1 is 1.26 bits per heavy atom. The van der Waals surface area contributed by atoms with Gasteiger partial charge in [0.25, 0.3) is 0 Å². The minimum atomic E-state index is -3.60. The van der Waals surface area contributed by atoms with Crippen LogP contribution >= 0.6 is 0 Å². The predicted octanol–water partition coefficient (Wildman–Crippen LogP) is 2.26. The number of aromatic nitrogens is 1. The minimum absolute atomic E-state index is 0.166. The van der Waals surface area contributed by atoms with E-state index in [1.807, 2.05) is 19.1 Å². The average Bonchev–Trinajstić information content (AvgIpc) is 3.21. The molecule has 144 valence electrons. The molecule has 1 fully saturated rings. The molecule has 0 unspecified atom stereocenters. The van der Waals surface area contributed by atoms with E-state index < -0.39 is 15.9 Å². The third kappa shape index (κ3) is 4.45. The minimum Gasteiger partial charge on any atom is -0.360 e. The van der Waals surface area contributed by atoms with Crippen molar-refractivity contribution < 1.29 is 13.2 Å². The summed E-state index contributed by atoms with van der Waals surface area (Å²) in [5.74, 6) is -0.677. The molecule has 0 saturated carbocycles. The summed E-state index contributed by atoms with van der Waals surface area (Å²) >= 11 is 0. The summed E-state index contributed by atoms with van der Waals surface area (Å²) < 4.78 is 27.1. The lowest BCUT2D eigenvalue weighted by Gasteiger charge is -2.30. The molecule has 1 aliphatic heterocycles. The Hall–Kier alpha value is -2.45. The molecular formula is C19H24N4O3S. The second-order valence-corrected chi connectivity index (χ2v) is 8.71. The molecule has 27 heavy (non-hydrogen) atoms. The van der Waals surface area contributed by atoms with E-state index in [9.17, 15) is 13.2 Å². The summed E-state index contributed by atoms with van der Waals surface area (Å²) in [5.41, 5.74) is 5.05. The molecule has 1 saturated heterocycles. The number of sulfonamides is 1. The van der Waals surface area contributed by atoms with E-state index >= 15 is 0 Å². The summed E-state index contributed by atoms with van der Waals surface area (Å²) in [7, 11) is -3.60. The van der Waals surface area contributed by atoms with Gasteiger partial charge in [-0.05, 0) is 51.0 Å². The molecule has 3 rings (SSSR count). The second kappa shape index (κ2) is 8.06. The number of nitrogens with zero attached hydrogens (tertiary/aromatic N) is 2. The normalized spacial score (nSPS) is 19.0. The molecule has 2 aromatic rings. The number of aryl methyl sites for hydroxylation is 1. The predicted molar refractivity (Wildman–Crippen MR) is 104 cm³/mol. The Morgan fingerprint density at radius 3 is 2.67 bits per heavy atom. The van der Waals surface area contributed by atoms with Crippen LogP contribution in [0, 0.1) is 12.8 Å². The van der Waals surface area contributed by atoms with E-state index in [1.54, 1.807) is 37.4 Å². The van der Waals surface area contributed by atoms with Crippen LogP contribution in [0.25, 0.3) is 0 Å². The number of hydrazone groups is 1. The van der Waals surface area contributed by atoms with E-state index in [0.717, 1.165) is 11.3 Å². The Labute approximate surface area is 159 Å². The standard InChI is InChI=1S/C19H24N4O3S/c1-14-7-9-17(10-8-14)27(25,26)23-12-4-5-16(13-23)19(24)22-21-15(2)18-6-3-11-20-18/h3,6-11,16,20H,4-5,12-13H2,1-2H3,(H,22,24)/b21-15+/t16-/m1/s1.